The maximum absolute atomic E-state index is 11.5. The summed E-state index contributed by atoms with van der Waals surface area (Å²) in [5.41, 5.74) is 0.354. The van der Waals surface area contributed by atoms with E-state index >= 15 is 0 Å². The van der Waals surface area contributed by atoms with Crippen LogP contribution in [-0.4, -0.2) is 42.3 Å². The third-order valence-electron chi connectivity index (χ3n) is 2.90. The van der Waals surface area contributed by atoms with Crippen molar-refractivity contribution in [3.63, 3.8) is 0 Å². The predicted octanol–water partition coefficient (Wildman–Crippen LogP) is 1.24. The second kappa shape index (κ2) is 6.30. The Hall–Kier alpha value is -1.69. The third-order valence-corrected chi connectivity index (χ3v) is 2.90. The molecule has 1 saturated heterocycles. The normalized spacial score (nSPS) is 18.6. The summed E-state index contributed by atoms with van der Waals surface area (Å²) in [5.74, 6) is 0.0741. The molecule has 1 atom stereocenters. The Morgan fingerprint density at radius 3 is 3.28 bits per heavy atom. The van der Waals surface area contributed by atoms with E-state index in [4.69, 9.17) is 4.74 Å². The molecule has 1 N–H and O–H groups in total. The molecule has 0 amide bonds. The molecule has 0 bridgehead atoms. The summed E-state index contributed by atoms with van der Waals surface area (Å²) in [6.45, 7) is 1.57. The number of carbonyl (C=O) groups excluding carboxylic acids is 1. The molecule has 1 unspecified atom stereocenters. The van der Waals surface area contributed by atoms with Gasteiger partial charge in [-0.25, -0.2) is 14.8 Å². The van der Waals surface area contributed by atoms with Crippen LogP contribution in [0, 0.1) is 0 Å². The van der Waals surface area contributed by atoms with Gasteiger partial charge in [0.15, 0.2) is 0 Å². The predicted molar refractivity (Wildman–Crippen MR) is 65.5 cm³/mol. The molecule has 0 aromatic carbocycles. The van der Waals surface area contributed by atoms with Crippen molar-refractivity contribution in [3.8, 4) is 0 Å². The van der Waals surface area contributed by atoms with Crippen molar-refractivity contribution in [1.29, 1.82) is 0 Å². The molecule has 0 saturated carbocycles. The maximum Gasteiger partial charge on any atom is 0.343 e. The standard InChI is InChI=1S/C12H17N3O3/c1-17-12(16)10-7-13-8-15-11(10)14-5-4-9-3-2-6-18-9/h7-9H,2-6H2,1H3,(H,13,14,15). The van der Waals surface area contributed by atoms with E-state index in [1.54, 1.807) is 0 Å². The zero-order valence-electron chi connectivity index (χ0n) is 10.4. The average Bonchev–Trinajstić information content (AvgIpc) is 2.92. The second-order valence-corrected chi connectivity index (χ2v) is 4.13. The minimum atomic E-state index is -0.435. The molecule has 2 rings (SSSR count). The molecule has 1 aromatic heterocycles. The Balaban J connectivity index is 1.89. The summed E-state index contributed by atoms with van der Waals surface area (Å²) in [5, 5.41) is 3.12. The number of ether oxygens (including phenoxy) is 2. The lowest BCUT2D eigenvalue weighted by Crippen LogP contribution is -2.15. The summed E-state index contributed by atoms with van der Waals surface area (Å²) >= 11 is 0. The number of hydrogen-bond acceptors (Lipinski definition) is 6. The minimum absolute atomic E-state index is 0.320. The molecule has 1 fully saturated rings. The van der Waals surface area contributed by atoms with Crippen molar-refractivity contribution in [3.05, 3.63) is 18.1 Å². The fourth-order valence-electron chi connectivity index (χ4n) is 1.95. The van der Waals surface area contributed by atoms with Gasteiger partial charge in [0.1, 0.15) is 17.7 Å². The van der Waals surface area contributed by atoms with Gasteiger partial charge in [0, 0.05) is 19.3 Å². The van der Waals surface area contributed by atoms with Crippen LogP contribution in [0.25, 0.3) is 0 Å². The van der Waals surface area contributed by atoms with Gasteiger partial charge in [-0.1, -0.05) is 0 Å². The van der Waals surface area contributed by atoms with Crippen LogP contribution in [-0.2, 0) is 9.47 Å². The molecular formula is C12H17N3O3. The van der Waals surface area contributed by atoms with E-state index < -0.39 is 5.97 Å². The maximum atomic E-state index is 11.5. The number of hydrogen-bond donors (Lipinski definition) is 1. The Morgan fingerprint density at radius 1 is 1.67 bits per heavy atom. The van der Waals surface area contributed by atoms with Crippen LogP contribution in [0.5, 0.6) is 0 Å². The van der Waals surface area contributed by atoms with E-state index in [9.17, 15) is 4.79 Å². The Labute approximate surface area is 106 Å². The number of aromatic nitrogens is 2. The lowest BCUT2D eigenvalue weighted by Gasteiger charge is -2.11. The van der Waals surface area contributed by atoms with Crippen molar-refractivity contribution in [2.24, 2.45) is 0 Å². The summed E-state index contributed by atoms with van der Waals surface area (Å²) in [6, 6.07) is 0. The Kier molecular flexibility index (Phi) is 4.46. The third kappa shape index (κ3) is 3.16. The van der Waals surface area contributed by atoms with Crippen molar-refractivity contribution in [2.75, 3.05) is 25.6 Å². The molecule has 1 aromatic rings. The van der Waals surface area contributed by atoms with Gasteiger partial charge in [0.2, 0.25) is 0 Å². The highest BCUT2D eigenvalue weighted by Crippen LogP contribution is 2.16. The molecule has 18 heavy (non-hydrogen) atoms. The summed E-state index contributed by atoms with van der Waals surface area (Å²) < 4.78 is 10.2. The van der Waals surface area contributed by atoms with Crippen LogP contribution in [0.4, 0.5) is 5.82 Å². The fraction of sp³-hybridized carbons (Fsp3) is 0.583. The van der Waals surface area contributed by atoms with E-state index in [0.717, 1.165) is 25.9 Å². The van der Waals surface area contributed by atoms with Crippen LogP contribution in [0.1, 0.15) is 29.6 Å². The number of rotatable bonds is 5. The molecule has 2 heterocycles. The quantitative estimate of drug-likeness (QED) is 0.794. The zero-order chi connectivity index (χ0) is 12.8. The van der Waals surface area contributed by atoms with Gasteiger partial charge in [-0.3, -0.25) is 0 Å². The average molecular weight is 251 g/mol. The first-order valence-electron chi connectivity index (χ1n) is 6.05. The number of anilines is 1. The number of nitrogens with zero attached hydrogens (tertiary/aromatic N) is 2. The smallest absolute Gasteiger partial charge is 0.343 e. The molecule has 6 heteroatoms. The molecule has 0 spiro atoms. The molecule has 0 radical (unpaired) electrons. The minimum Gasteiger partial charge on any atom is -0.465 e. The first-order valence-corrected chi connectivity index (χ1v) is 6.05. The Bertz CT molecular complexity index is 405. The second-order valence-electron chi connectivity index (χ2n) is 4.13. The topological polar surface area (TPSA) is 73.3 Å². The van der Waals surface area contributed by atoms with Crippen molar-refractivity contribution in [2.45, 2.75) is 25.4 Å². The molecule has 1 aliphatic rings. The van der Waals surface area contributed by atoms with Crippen LogP contribution in [0.15, 0.2) is 12.5 Å². The van der Waals surface area contributed by atoms with E-state index in [1.807, 2.05) is 0 Å². The highest BCUT2D eigenvalue weighted by molar-refractivity contribution is 5.94. The van der Waals surface area contributed by atoms with E-state index in [-0.39, 0.29) is 0 Å². The molecule has 0 aliphatic carbocycles. The summed E-state index contributed by atoms with van der Waals surface area (Å²) in [4.78, 5) is 19.4. The number of methoxy groups -OCH3 is 1. The van der Waals surface area contributed by atoms with Crippen LogP contribution >= 0.6 is 0 Å². The first kappa shape index (κ1) is 12.8. The highest BCUT2D eigenvalue weighted by Gasteiger charge is 2.16. The van der Waals surface area contributed by atoms with Gasteiger partial charge < -0.3 is 14.8 Å². The summed E-state index contributed by atoms with van der Waals surface area (Å²) in [6.07, 6.45) is 6.32. The lowest BCUT2D eigenvalue weighted by molar-refractivity contribution is 0.0601. The van der Waals surface area contributed by atoms with Gasteiger partial charge in [-0.05, 0) is 19.3 Å². The van der Waals surface area contributed by atoms with E-state index in [1.165, 1.54) is 19.6 Å². The van der Waals surface area contributed by atoms with Gasteiger partial charge in [-0.15, -0.1) is 0 Å². The molecule has 98 valence electrons. The number of esters is 1. The van der Waals surface area contributed by atoms with Gasteiger partial charge in [0.05, 0.1) is 13.2 Å². The fourth-order valence-corrected chi connectivity index (χ4v) is 1.95. The zero-order valence-corrected chi connectivity index (χ0v) is 10.4. The van der Waals surface area contributed by atoms with Gasteiger partial charge in [0.25, 0.3) is 0 Å². The van der Waals surface area contributed by atoms with Crippen molar-refractivity contribution >= 4 is 11.8 Å². The van der Waals surface area contributed by atoms with E-state index in [0.29, 0.717) is 24.0 Å². The lowest BCUT2D eigenvalue weighted by atomic mass is 10.2. The molecular weight excluding hydrogens is 234 g/mol. The van der Waals surface area contributed by atoms with Gasteiger partial charge >= 0.3 is 5.97 Å². The number of carbonyl (C=O) groups is 1. The largest absolute Gasteiger partial charge is 0.465 e. The molecule has 6 nitrogen and oxygen atoms in total. The van der Waals surface area contributed by atoms with Crippen LogP contribution in [0.2, 0.25) is 0 Å². The van der Waals surface area contributed by atoms with Crippen LogP contribution < -0.4 is 5.32 Å². The van der Waals surface area contributed by atoms with Crippen molar-refractivity contribution < 1.29 is 14.3 Å². The monoisotopic (exact) mass is 251 g/mol. The summed E-state index contributed by atoms with van der Waals surface area (Å²) in [7, 11) is 1.34. The highest BCUT2D eigenvalue weighted by atomic mass is 16.5. The number of nitrogens with one attached hydrogen (secondary N) is 1. The van der Waals surface area contributed by atoms with E-state index in [2.05, 4.69) is 20.0 Å². The van der Waals surface area contributed by atoms with Gasteiger partial charge in [-0.2, -0.15) is 0 Å². The molecule has 1 aliphatic heterocycles. The SMILES string of the molecule is COC(=O)c1cncnc1NCCC1CCCO1. The van der Waals surface area contributed by atoms with Crippen LogP contribution in [0.3, 0.4) is 0 Å². The first-order chi connectivity index (χ1) is 8.81. The Morgan fingerprint density at radius 2 is 2.56 bits per heavy atom. The van der Waals surface area contributed by atoms with Crippen molar-refractivity contribution in [1.82, 2.24) is 9.97 Å².